The predicted octanol–water partition coefficient (Wildman–Crippen LogP) is 2.11. The minimum absolute atomic E-state index is 0.398. The molecule has 0 aliphatic carbocycles. The molecule has 3 aromatic rings. The Morgan fingerprint density at radius 1 is 1.11 bits per heavy atom. The quantitative estimate of drug-likeness (QED) is 0.765. The van der Waals surface area contributed by atoms with E-state index in [0.29, 0.717) is 17.9 Å². The molecule has 5 nitrogen and oxygen atoms in total. The Balaban J connectivity index is 2.00. The number of halogens is 1. The van der Waals surface area contributed by atoms with Crippen molar-refractivity contribution < 1.29 is 0 Å². The van der Waals surface area contributed by atoms with E-state index < -0.39 is 0 Å². The molecule has 90 valence electrons. The van der Waals surface area contributed by atoms with Crippen molar-refractivity contribution in [1.29, 1.82) is 0 Å². The van der Waals surface area contributed by atoms with E-state index in [1.165, 1.54) is 6.33 Å². The zero-order valence-corrected chi connectivity index (χ0v) is 10.2. The summed E-state index contributed by atoms with van der Waals surface area (Å²) >= 11 is 5.85. The van der Waals surface area contributed by atoms with Crippen LogP contribution in [0.15, 0.2) is 36.9 Å². The molecule has 0 saturated carbocycles. The number of benzene rings is 1. The minimum Gasteiger partial charge on any atom is -0.382 e. The van der Waals surface area contributed by atoms with Crippen molar-refractivity contribution in [2.45, 2.75) is 6.54 Å². The first-order valence-electron chi connectivity index (χ1n) is 5.40. The van der Waals surface area contributed by atoms with E-state index in [-0.39, 0.29) is 0 Å². The largest absolute Gasteiger partial charge is 0.382 e. The molecule has 3 rings (SSSR count). The van der Waals surface area contributed by atoms with Crippen LogP contribution in [0.4, 0.5) is 5.82 Å². The lowest BCUT2D eigenvalue weighted by atomic mass is 10.2. The molecule has 0 bridgehead atoms. The summed E-state index contributed by atoms with van der Waals surface area (Å²) < 4.78 is 1.93. The van der Waals surface area contributed by atoms with Crippen molar-refractivity contribution in [2.75, 3.05) is 5.73 Å². The highest BCUT2D eigenvalue weighted by Gasteiger charge is 2.07. The third-order valence-electron chi connectivity index (χ3n) is 2.70. The van der Waals surface area contributed by atoms with E-state index in [0.717, 1.165) is 16.2 Å². The number of hydrogen-bond acceptors (Lipinski definition) is 4. The van der Waals surface area contributed by atoms with E-state index in [2.05, 4.69) is 15.0 Å². The van der Waals surface area contributed by atoms with E-state index in [1.807, 2.05) is 28.8 Å². The van der Waals surface area contributed by atoms with Crippen LogP contribution in [0.25, 0.3) is 11.2 Å². The second-order valence-electron chi connectivity index (χ2n) is 3.93. The van der Waals surface area contributed by atoms with Crippen LogP contribution in [0.1, 0.15) is 5.56 Å². The van der Waals surface area contributed by atoms with Crippen LogP contribution < -0.4 is 5.73 Å². The predicted molar refractivity (Wildman–Crippen MR) is 70.3 cm³/mol. The van der Waals surface area contributed by atoms with Gasteiger partial charge in [0.15, 0.2) is 11.5 Å². The molecule has 0 aliphatic heterocycles. The van der Waals surface area contributed by atoms with E-state index >= 15 is 0 Å². The number of nitrogen functional groups attached to an aromatic ring is 1. The molecular formula is C12H10ClN5. The zero-order chi connectivity index (χ0) is 12.5. The number of imidazole rings is 1. The van der Waals surface area contributed by atoms with Gasteiger partial charge in [0.25, 0.3) is 0 Å². The molecule has 0 aliphatic rings. The Kier molecular flexibility index (Phi) is 2.60. The van der Waals surface area contributed by atoms with Crippen LogP contribution in [0.2, 0.25) is 5.02 Å². The summed E-state index contributed by atoms with van der Waals surface area (Å²) in [6.07, 6.45) is 3.15. The van der Waals surface area contributed by atoms with E-state index in [4.69, 9.17) is 17.3 Å². The Bertz CT molecular complexity index is 689. The first-order chi connectivity index (χ1) is 8.74. The topological polar surface area (TPSA) is 69.6 Å². The van der Waals surface area contributed by atoms with Crippen molar-refractivity contribution in [3.8, 4) is 0 Å². The first-order valence-corrected chi connectivity index (χ1v) is 5.77. The number of nitrogens with zero attached hydrogens (tertiary/aromatic N) is 4. The Labute approximate surface area is 108 Å². The normalized spacial score (nSPS) is 10.9. The summed E-state index contributed by atoms with van der Waals surface area (Å²) in [4.78, 5) is 12.3. The number of nitrogens with two attached hydrogens (primary N) is 1. The van der Waals surface area contributed by atoms with Gasteiger partial charge in [-0.15, -0.1) is 0 Å². The van der Waals surface area contributed by atoms with Crippen LogP contribution in [0, 0.1) is 0 Å². The van der Waals surface area contributed by atoms with Crippen molar-refractivity contribution >= 4 is 28.6 Å². The molecule has 0 fully saturated rings. The van der Waals surface area contributed by atoms with Gasteiger partial charge in [0.2, 0.25) is 0 Å². The average molecular weight is 260 g/mol. The van der Waals surface area contributed by atoms with Crippen LogP contribution in [-0.4, -0.2) is 19.5 Å². The van der Waals surface area contributed by atoms with Crippen LogP contribution in [-0.2, 0) is 6.54 Å². The fourth-order valence-corrected chi connectivity index (χ4v) is 1.93. The maximum absolute atomic E-state index is 5.85. The molecule has 0 unspecified atom stereocenters. The Morgan fingerprint density at radius 3 is 2.67 bits per heavy atom. The summed E-state index contributed by atoms with van der Waals surface area (Å²) in [5.74, 6) is 0.398. The number of rotatable bonds is 2. The second-order valence-corrected chi connectivity index (χ2v) is 4.37. The smallest absolute Gasteiger partial charge is 0.165 e. The van der Waals surface area contributed by atoms with Crippen LogP contribution in [0.5, 0.6) is 0 Å². The molecule has 0 saturated heterocycles. The number of hydrogen-bond donors (Lipinski definition) is 1. The molecular weight excluding hydrogens is 250 g/mol. The molecule has 6 heteroatoms. The third kappa shape index (κ3) is 1.89. The average Bonchev–Trinajstić information content (AvgIpc) is 2.77. The van der Waals surface area contributed by atoms with Crippen molar-refractivity contribution in [3.63, 3.8) is 0 Å². The maximum atomic E-state index is 5.85. The summed E-state index contributed by atoms with van der Waals surface area (Å²) in [5.41, 5.74) is 8.22. The fourth-order valence-electron chi connectivity index (χ4n) is 1.80. The number of fused-ring (bicyclic) bond motifs is 1. The van der Waals surface area contributed by atoms with E-state index in [9.17, 15) is 0 Å². The Hall–Kier alpha value is -2.14. The molecule has 2 N–H and O–H groups in total. The molecule has 0 radical (unpaired) electrons. The molecule has 1 aromatic carbocycles. The van der Waals surface area contributed by atoms with Gasteiger partial charge in [0.05, 0.1) is 12.9 Å². The van der Waals surface area contributed by atoms with Gasteiger partial charge in [-0.3, -0.25) is 0 Å². The molecule has 2 heterocycles. The molecule has 18 heavy (non-hydrogen) atoms. The highest BCUT2D eigenvalue weighted by molar-refractivity contribution is 6.30. The number of aromatic nitrogens is 4. The van der Waals surface area contributed by atoms with Crippen LogP contribution in [0.3, 0.4) is 0 Å². The van der Waals surface area contributed by atoms with Gasteiger partial charge in [0.1, 0.15) is 11.8 Å². The molecule has 0 spiro atoms. The van der Waals surface area contributed by atoms with E-state index in [1.54, 1.807) is 6.33 Å². The summed E-state index contributed by atoms with van der Waals surface area (Å²) in [6.45, 7) is 0.671. The second kappa shape index (κ2) is 4.27. The standard InChI is InChI=1S/C12H10ClN5/c13-9-3-1-8(2-4-9)5-18-7-17-10-11(14)15-6-16-12(10)18/h1-4,6-7H,5H2,(H2,14,15,16). The third-order valence-corrected chi connectivity index (χ3v) is 2.95. The van der Waals surface area contributed by atoms with Crippen molar-refractivity contribution in [1.82, 2.24) is 19.5 Å². The lowest BCUT2D eigenvalue weighted by molar-refractivity contribution is 0.813. The van der Waals surface area contributed by atoms with Crippen molar-refractivity contribution in [2.24, 2.45) is 0 Å². The zero-order valence-electron chi connectivity index (χ0n) is 9.42. The Morgan fingerprint density at radius 2 is 1.89 bits per heavy atom. The molecule has 2 aromatic heterocycles. The van der Waals surface area contributed by atoms with Gasteiger partial charge in [-0.05, 0) is 17.7 Å². The lowest BCUT2D eigenvalue weighted by Gasteiger charge is -2.04. The summed E-state index contributed by atoms with van der Waals surface area (Å²) in [5, 5.41) is 0.723. The van der Waals surface area contributed by atoms with Crippen LogP contribution >= 0.6 is 11.6 Å². The minimum atomic E-state index is 0.398. The lowest BCUT2D eigenvalue weighted by Crippen LogP contribution is -2.00. The van der Waals surface area contributed by atoms with Gasteiger partial charge in [0, 0.05) is 5.02 Å². The summed E-state index contributed by atoms with van der Waals surface area (Å²) in [6, 6.07) is 7.66. The SMILES string of the molecule is Nc1ncnc2c1ncn2Cc1ccc(Cl)cc1. The number of anilines is 1. The van der Waals surface area contributed by atoms with Gasteiger partial charge in [-0.2, -0.15) is 0 Å². The molecule has 0 atom stereocenters. The fraction of sp³-hybridized carbons (Fsp3) is 0.0833. The monoisotopic (exact) mass is 259 g/mol. The van der Waals surface area contributed by atoms with Gasteiger partial charge in [-0.25, -0.2) is 15.0 Å². The maximum Gasteiger partial charge on any atom is 0.165 e. The molecule has 0 amide bonds. The summed E-state index contributed by atoms with van der Waals surface area (Å²) in [7, 11) is 0. The van der Waals surface area contributed by atoms with Gasteiger partial charge >= 0.3 is 0 Å². The first kappa shape index (κ1) is 11.0. The van der Waals surface area contributed by atoms with Crippen molar-refractivity contribution in [3.05, 3.63) is 47.5 Å². The van der Waals surface area contributed by atoms with Gasteiger partial charge < -0.3 is 10.3 Å². The highest BCUT2D eigenvalue weighted by atomic mass is 35.5. The highest BCUT2D eigenvalue weighted by Crippen LogP contribution is 2.16. The van der Waals surface area contributed by atoms with Gasteiger partial charge in [-0.1, -0.05) is 23.7 Å².